The van der Waals surface area contributed by atoms with E-state index in [1.807, 2.05) is 6.07 Å². The summed E-state index contributed by atoms with van der Waals surface area (Å²) in [6.45, 7) is 0. The predicted octanol–water partition coefficient (Wildman–Crippen LogP) is 22.4. The third kappa shape index (κ3) is 6.73. The van der Waals surface area contributed by atoms with Crippen LogP contribution in [0.5, 0.6) is 0 Å². The van der Waals surface area contributed by atoms with Gasteiger partial charge in [0.2, 0.25) is 0 Å². The number of para-hydroxylation sites is 1. The topological polar surface area (TPSA) is 26.3 Å². The fourth-order valence-corrected chi connectivity index (χ4v) is 13.5. The highest BCUT2D eigenvalue weighted by Gasteiger charge is 2.23. The molecule has 0 saturated carbocycles. The molecule has 0 saturated heterocycles. The van der Waals surface area contributed by atoms with E-state index in [2.05, 4.69) is 273 Å². The molecule has 370 valence electrons. The summed E-state index contributed by atoms with van der Waals surface area (Å²) in [6, 6.07) is 102. The van der Waals surface area contributed by atoms with E-state index in [4.69, 9.17) is 8.83 Å². The first-order valence-corrected chi connectivity index (χ1v) is 27.5. The van der Waals surface area contributed by atoms with E-state index in [0.717, 1.165) is 66.1 Å². The fraction of sp³-hybridized carbons (Fsp3) is 0. The van der Waals surface area contributed by atoms with Crippen LogP contribution in [0, 0.1) is 0 Å². The molecule has 2 aromatic heterocycles. The van der Waals surface area contributed by atoms with Crippen LogP contribution in [0.15, 0.2) is 288 Å². The SMILES string of the molecule is c1ccc(-c2ccccc2-c2c3ccccc3c(-c3ccc4c(c3)oc3cc(-c5ccc6cc(-c7c8ccccc8c(-c8ccc9c(c8)oc8ccccc89)c8ccccc78)c7ccccc7c6c5)ccc34)c3ccccc23)cc1. The van der Waals surface area contributed by atoms with Gasteiger partial charge >= 0.3 is 0 Å². The number of hydrogen-bond acceptors (Lipinski definition) is 2. The normalized spacial score (nSPS) is 12.0. The van der Waals surface area contributed by atoms with Crippen molar-refractivity contribution in [2.75, 3.05) is 0 Å². The monoisotopic (exact) mass is 1010 g/mol. The van der Waals surface area contributed by atoms with Crippen molar-refractivity contribution in [2.24, 2.45) is 0 Å². The Balaban J connectivity index is 0.780. The minimum absolute atomic E-state index is 0.872. The first kappa shape index (κ1) is 44.6. The molecule has 2 heteroatoms. The number of fused-ring (bicyclic) bond motifs is 13. The van der Waals surface area contributed by atoms with Crippen LogP contribution in [0.1, 0.15) is 0 Å². The maximum Gasteiger partial charge on any atom is 0.136 e. The molecular weight excluding hydrogens is 969 g/mol. The Morgan fingerprint density at radius 3 is 1.07 bits per heavy atom. The molecular formula is C78H46O2. The van der Waals surface area contributed by atoms with E-state index in [0.29, 0.717) is 0 Å². The van der Waals surface area contributed by atoms with Crippen LogP contribution in [0.4, 0.5) is 0 Å². The van der Waals surface area contributed by atoms with Gasteiger partial charge in [0.15, 0.2) is 0 Å². The van der Waals surface area contributed by atoms with Gasteiger partial charge in [-0.2, -0.15) is 0 Å². The molecule has 0 radical (unpaired) electrons. The van der Waals surface area contributed by atoms with Gasteiger partial charge in [-0.05, 0) is 186 Å². The maximum atomic E-state index is 6.91. The lowest BCUT2D eigenvalue weighted by Crippen LogP contribution is -1.92. The number of furan rings is 2. The fourth-order valence-electron chi connectivity index (χ4n) is 13.5. The zero-order valence-corrected chi connectivity index (χ0v) is 43.4. The van der Waals surface area contributed by atoms with E-state index >= 15 is 0 Å². The van der Waals surface area contributed by atoms with E-state index in [-0.39, 0.29) is 0 Å². The highest BCUT2D eigenvalue weighted by Crippen LogP contribution is 2.50. The lowest BCUT2D eigenvalue weighted by atomic mass is 9.83. The number of benzene rings is 15. The van der Waals surface area contributed by atoms with Crippen LogP contribution in [0.2, 0.25) is 0 Å². The van der Waals surface area contributed by atoms with Gasteiger partial charge in [-0.3, -0.25) is 0 Å². The molecule has 2 nitrogen and oxygen atoms in total. The highest BCUT2D eigenvalue weighted by molar-refractivity contribution is 6.27. The van der Waals surface area contributed by atoms with Gasteiger partial charge in [0.05, 0.1) is 0 Å². The second-order valence-electron chi connectivity index (χ2n) is 21.3. The van der Waals surface area contributed by atoms with E-state index in [1.54, 1.807) is 0 Å². The van der Waals surface area contributed by atoms with Gasteiger partial charge < -0.3 is 8.83 Å². The molecule has 80 heavy (non-hydrogen) atoms. The van der Waals surface area contributed by atoms with Gasteiger partial charge in [0.1, 0.15) is 22.3 Å². The predicted molar refractivity (Wildman–Crippen MR) is 339 cm³/mol. The Bertz CT molecular complexity index is 5310. The summed E-state index contributed by atoms with van der Waals surface area (Å²) in [5, 5.41) is 19.1. The largest absolute Gasteiger partial charge is 0.456 e. The quantitative estimate of drug-likeness (QED) is 0.123. The molecule has 0 N–H and O–H groups in total. The molecule has 0 atom stereocenters. The summed E-state index contributed by atoms with van der Waals surface area (Å²) in [5.41, 5.74) is 17.9. The molecule has 0 bridgehead atoms. The van der Waals surface area contributed by atoms with Crippen LogP contribution in [-0.4, -0.2) is 0 Å². The zero-order valence-electron chi connectivity index (χ0n) is 43.4. The summed E-state index contributed by atoms with van der Waals surface area (Å²) in [5.74, 6) is 0. The average molecular weight is 1020 g/mol. The molecule has 15 aromatic carbocycles. The third-order valence-corrected chi connectivity index (χ3v) is 17.0. The van der Waals surface area contributed by atoms with Crippen molar-refractivity contribution in [3.8, 4) is 66.8 Å². The van der Waals surface area contributed by atoms with Crippen molar-refractivity contribution in [3.05, 3.63) is 279 Å². The number of hydrogen-bond donors (Lipinski definition) is 0. The van der Waals surface area contributed by atoms with Crippen LogP contribution in [0.3, 0.4) is 0 Å². The summed E-state index contributed by atoms with van der Waals surface area (Å²) in [6.07, 6.45) is 0. The molecule has 2 heterocycles. The Hall–Kier alpha value is -10.5. The van der Waals surface area contributed by atoms with Crippen molar-refractivity contribution in [2.45, 2.75) is 0 Å². The molecule has 17 aromatic rings. The van der Waals surface area contributed by atoms with Crippen molar-refractivity contribution in [3.63, 3.8) is 0 Å². The second kappa shape index (κ2) is 17.5. The van der Waals surface area contributed by atoms with E-state index in [9.17, 15) is 0 Å². The summed E-state index contributed by atoms with van der Waals surface area (Å²) < 4.78 is 13.4. The molecule has 17 rings (SSSR count). The van der Waals surface area contributed by atoms with Crippen molar-refractivity contribution >= 4 is 109 Å². The van der Waals surface area contributed by atoms with Gasteiger partial charge in [-0.1, -0.05) is 224 Å². The molecule has 0 aliphatic heterocycles. The molecule has 0 aliphatic carbocycles. The van der Waals surface area contributed by atoms with Crippen molar-refractivity contribution in [1.82, 2.24) is 0 Å². The molecule has 0 aliphatic rings. The minimum atomic E-state index is 0.872. The van der Waals surface area contributed by atoms with Crippen LogP contribution in [0.25, 0.3) is 175 Å². The standard InChI is InChI=1S/C78H46O2/c1-2-18-47(19-3-1)53-20-4-7-24-60(53)77-65-29-12-8-25-61(65)75(62-26-9-13-30-66(62)77)52-38-41-59-58-39-36-49(44-72(58)80-74(59)46-52)48-34-35-50-43-70(55-22-6-5-21-54(55)69(50)42-48)78-67-31-14-10-27-63(67)76(64-28-11-15-32-68(64)78)51-37-40-57-56-23-16-17-33-71(56)79-73(57)45-51/h1-46H. The molecule has 0 amide bonds. The van der Waals surface area contributed by atoms with Crippen LogP contribution >= 0.6 is 0 Å². The van der Waals surface area contributed by atoms with Crippen LogP contribution < -0.4 is 0 Å². The van der Waals surface area contributed by atoms with E-state index in [1.165, 1.54) is 109 Å². The lowest BCUT2D eigenvalue weighted by molar-refractivity contribution is 0.669. The summed E-state index contributed by atoms with van der Waals surface area (Å²) >= 11 is 0. The maximum absolute atomic E-state index is 6.91. The van der Waals surface area contributed by atoms with Gasteiger partial charge in [0, 0.05) is 21.5 Å². The van der Waals surface area contributed by atoms with Crippen molar-refractivity contribution in [1.29, 1.82) is 0 Å². The Morgan fingerprint density at radius 2 is 0.525 bits per heavy atom. The minimum Gasteiger partial charge on any atom is -0.456 e. The molecule has 0 spiro atoms. The Kier molecular flexibility index (Phi) is 9.75. The molecule has 0 fully saturated rings. The summed E-state index contributed by atoms with van der Waals surface area (Å²) in [7, 11) is 0. The lowest BCUT2D eigenvalue weighted by Gasteiger charge is -2.20. The van der Waals surface area contributed by atoms with Crippen LogP contribution in [-0.2, 0) is 0 Å². The average Bonchev–Trinajstić information content (AvgIpc) is 4.13. The first-order chi connectivity index (χ1) is 39.7. The van der Waals surface area contributed by atoms with Gasteiger partial charge in [-0.15, -0.1) is 0 Å². The Labute approximate surface area is 460 Å². The smallest absolute Gasteiger partial charge is 0.136 e. The van der Waals surface area contributed by atoms with Gasteiger partial charge in [0.25, 0.3) is 0 Å². The highest BCUT2D eigenvalue weighted by atomic mass is 16.3. The second-order valence-corrected chi connectivity index (χ2v) is 21.3. The summed E-state index contributed by atoms with van der Waals surface area (Å²) in [4.78, 5) is 0. The zero-order chi connectivity index (χ0) is 52.4. The van der Waals surface area contributed by atoms with E-state index < -0.39 is 0 Å². The Morgan fingerprint density at radius 1 is 0.163 bits per heavy atom. The first-order valence-electron chi connectivity index (χ1n) is 27.5. The number of rotatable bonds is 6. The van der Waals surface area contributed by atoms with Crippen molar-refractivity contribution < 1.29 is 8.83 Å². The van der Waals surface area contributed by atoms with Gasteiger partial charge in [-0.25, -0.2) is 0 Å². The molecule has 0 unspecified atom stereocenters. The third-order valence-electron chi connectivity index (χ3n) is 17.0.